The maximum atomic E-state index is 12.3. The van der Waals surface area contributed by atoms with Crippen molar-refractivity contribution in [1.29, 1.82) is 0 Å². The molecule has 0 bridgehead atoms. The Balaban J connectivity index is 1.64. The molecule has 2 N–H and O–H groups in total. The fourth-order valence-corrected chi connectivity index (χ4v) is 3.13. The van der Waals surface area contributed by atoms with Gasteiger partial charge in [-0.3, -0.25) is 4.79 Å². The van der Waals surface area contributed by atoms with E-state index in [2.05, 4.69) is 15.6 Å². The number of anilines is 1. The van der Waals surface area contributed by atoms with Gasteiger partial charge in [0.2, 0.25) is 0 Å². The predicted octanol–water partition coefficient (Wildman–Crippen LogP) is 3.61. The smallest absolute Gasteiger partial charge is 0.263 e. The molecule has 0 saturated heterocycles. The monoisotopic (exact) mass is 321 g/mol. The molecule has 1 aliphatic carbocycles. The lowest BCUT2D eigenvalue weighted by atomic mass is 10.2. The second-order valence-corrected chi connectivity index (χ2v) is 6.53. The average molecular weight is 322 g/mol. The topological polar surface area (TPSA) is 54.0 Å². The lowest BCUT2D eigenvalue weighted by Gasteiger charge is -2.05. The van der Waals surface area contributed by atoms with Crippen LogP contribution in [0.1, 0.15) is 33.8 Å². The molecule has 21 heavy (non-hydrogen) atoms. The molecule has 2 aromatic rings. The molecule has 1 aliphatic rings. The molecule has 1 amide bonds. The van der Waals surface area contributed by atoms with Crippen molar-refractivity contribution in [3.63, 3.8) is 0 Å². The normalized spacial score (nSPS) is 14.0. The van der Waals surface area contributed by atoms with E-state index in [9.17, 15) is 4.79 Å². The molecule has 6 heteroatoms. The van der Waals surface area contributed by atoms with Crippen LogP contribution < -0.4 is 10.6 Å². The molecular weight excluding hydrogens is 306 g/mol. The minimum atomic E-state index is -0.103. The van der Waals surface area contributed by atoms with Crippen molar-refractivity contribution in [2.75, 3.05) is 5.32 Å². The standard InChI is InChI=1S/C15H16ClN3OS/c1-9-13(21-15(18-9)19-11-6-7-11)14(20)17-8-10-4-2-3-5-12(10)16/h2-5,11H,6-8H2,1H3,(H,17,20)(H,18,19). The van der Waals surface area contributed by atoms with Crippen molar-refractivity contribution < 1.29 is 4.79 Å². The maximum Gasteiger partial charge on any atom is 0.263 e. The van der Waals surface area contributed by atoms with E-state index in [1.807, 2.05) is 31.2 Å². The van der Waals surface area contributed by atoms with Gasteiger partial charge in [0.05, 0.1) is 5.69 Å². The highest BCUT2D eigenvalue weighted by Gasteiger charge is 2.23. The number of carbonyl (C=O) groups is 1. The van der Waals surface area contributed by atoms with E-state index in [0.29, 0.717) is 22.5 Å². The van der Waals surface area contributed by atoms with Crippen LogP contribution in [-0.2, 0) is 6.54 Å². The highest BCUT2D eigenvalue weighted by molar-refractivity contribution is 7.17. The van der Waals surface area contributed by atoms with E-state index in [-0.39, 0.29) is 5.91 Å². The zero-order chi connectivity index (χ0) is 14.8. The van der Waals surface area contributed by atoms with Crippen LogP contribution >= 0.6 is 22.9 Å². The number of halogens is 1. The van der Waals surface area contributed by atoms with Gasteiger partial charge in [-0.1, -0.05) is 41.1 Å². The van der Waals surface area contributed by atoms with Gasteiger partial charge in [0.1, 0.15) is 4.88 Å². The predicted molar refractivity (Wildman–Crippen MR) is 86.1 cm³/mol. The Morgan fingerprint density at radius 3 is 2.90 bits per heavy atom. The van der Waals surface area contributed by atoms with Crippen LogP contribution in [0.4, 0.5) is 5.13 Å². The Morgan fingerprint density at radius 1 is 1.43 bits per heavy atom. The molecule has 0 radical (unpaired) electrons. The number of nitrogens with one attached hydrogen (secondary N) is 2. The molecule has 0 spiro atoms. The Bertz CT molecular complexity index is 667. The van der Waals surface area contributed by atoms with Gasteiger partial charge in [0, 0.05) is 17.6 Å². The Hall–Kier alpha value is -1.59. The lowest BCUT2D eigenvalue weighted by molar-refractivity contribution is 0.0954. The van der Waals surface area contributed by atoms with Gasteiger partial charge in [0.15, 0.2) is 5.13 Å². The quantitative estimate of drug-likeness (QED) is 0.884. The number of nitrogens with zero attached hydrogens (tertiary/aromatic N) is 1. The van der Waals surface area contributed by atoms with Crippen LogP contribution in [0, 0.1) is 6.92 Å². The Morgan fingerprint density at radius 2 is 2.19 bits per heavy atom. The summed E-state index contributed by atoms with van der Waals surface area (Å²) in [5, 5.41) is 7.71. The fourth-order valence-electron chi connectivity index (χ4n) is 1.97. The summed E-state index contributed by atoms with van der Waals surface area (Å²) < 4.78 is 0. The van der Waals surface area contributed by atoms with E-state index in [0.717, 1.165) is 16.4 Å². The number of hydrogen-bond acceptors (Lipinski definition) is 4. The highest BCUT2D eigenvalue weighted by atomic mass is 35.5. The maximum absolute atomic E-state index is 12.3. The summed E-state index contributed by atoms with van der Waals surface area (Å²) in [4.78, 5) is 17.3. The first-order valence-electron chi connectivity index (χ1n) is 6.89. The van der Waals surface area contributed by atoms with Crippen molar-refractivity contribution in [1.82, 2.24) is 10.3 Å². The summed E-state index contributed by atoms with van der Waals surface area (Å²) in [6, 6.07) is 8.04. The number of benzene rings is 1. The fraction of sp³-hybridized carbons (Fsp3) is 0.333. The molecule has 1 aromatic heterocycles. The van der Waals surface area contributed by atoms with Crippen LogP contribution in [0.15, 0.2) is 24.3 Å². The number of aromatic nitrogens is 1. The first-order chi connectivity index (χ1) is 10.1. The highest BCUT2D eigenvalue weighted by Crippen LogP contribution is 2.29. The summed E-state index contributed by atoms with van der Waals surface area (Å²) in [7, 11) is 0. The average Bonchev–Trinajstić information content (AvgIpc) is 3.19. The molecule has 0 unspecified atom stereocenters. The molecule has 4 nitrogen and oxygen atoms in total. The molecule has 1 saturated carbocycles. The van der Waals surface area contributed by atoms with Gasteiger partial charge >= 0.3 is 0 Å². The second kappa shape index (κ2) is 6.03. The van der Waals surface area contributed by atoms with E-state index in [1.54, 1.807) is 0 Å². The third kappa shape index (κ3) is 3.54. The number of aryl methyl sites for hydroxylation is 1. The molecule has 1 aromatic carbocycles. The number of thiazole rings is 1. The van der Waals surface area contributed by atoms with Crippen LogP contribution in [0.5, 0.6) is 0 Å². The lowest BCUT2D eigenvalue weighted by Crippen LogP contribution is -2.22. The van der Waals surface area contributed by atoms with E-state index >= 15 is 0 Å². The largest absolute Gasteiger partial charge is 0.359 e. The van der Waals surface area contributed by atoms with Crippen molar-refractivity contribution >= 4 is 34.0 Å². The van der Waals surface area contributed by atoms with Gasteiger partial charge < -0.3 is 10.6 Å². The number of hydrogen-bond donors (Lipinski definition) is 2. The van der Waals surface area contributed by atoms with Crippen molar-refractivity contribution in [2.45, 2.75) is 32.4 Å². The van der Waals surface area contributed by atoms with Crippen LogP contribution in [0.2, 0.25) is 5.02 Å². The van der Waals surface area contributed by atoms with Crippen LogP contribution in [0.25, 0.3) is 0 Å². The number of rotatable bonds is 5. The second-order valence-electron chi connectivity index (χ2n) is 5.13. The van der Waals surface area contributed by atoms with E-state index in [1.165, 1.54) is 24.2 Å². The summed E-state index contributed by atoms with van der Waals surface area (Å²) in [6.07, 6.45) is 2.37. The SMILES string of the molecule is Cc1nc(NC2CC2)sc1C(=O)NCc1ccccc1Cl. The minimum Gasteiger partial charge on any atom is -0.359 e. The molecular formula is C15H16ClN3OS. The van der Waals surface area contributed by atoms with E-state index < -0.39 is 0 Å². The van der Waals surface area contributed by atoms with Gasteiger partial charge in [-0.05, 0) is 31.4 Å². The third-order valence-electron chi connectivity index (χ3n) is 3.31. The third-order valence-corrected chi connectivity index (χ3v) is 4.76. The van der Waals surface area contributed by atoms with Crippen molar-refractivity contribution in [2.24, 2.45) is 0 Å². The summed E-state index contributed by atoms with van der Waals surface area (Å²) in [5.74, 6) is -0.103. The zero-order valence-corrected chi connectivity index (χ0v) is 13.2. The molecule has 1 heterocycles. The van der Waals surface area contributed by atoms with Gasteiger partial charge in [-0.25, -0.2) is 4.98 Å². The molecule has 1 fully saturated rings. The van der Waals surface area contributed by atoms with Gasteiger partial charge in [-0.2, -0.15) is 0 Å². The Labute approximate surface area is 132 Å². The number of amides is 1. The molecule has 0 atom stereocenters. The van der Waals surface area contributed by atoms with E-state index in [4.69, 9.17) is 11.6 Å². The summed E-state index contributed by atoms with van der Waals surface area (Å²) in [5.41, 5.74) is 1.67. The molecule has 0 aliphatic heterocycles. The van der Waals surface area contributed by atoms with Gasteiger partial charge in [-0.15, -0.1) is 0 Å². The molecule has 3 rings (SSSR count). The number of carbonyl (C=O) groups excluding carboxylic acids is 1. The van der Waals surface area contributed by atoms with Crippen molar-refractivity contribution in [3.05, 3.63) is 45.4 Å². The first kappa shape index (κ1) is 14.4. The van der Waals surface area contributed by atoms with Crippen molar-refractivity contribution in [3.8, 4) is 0 Å². The Kier molecular flexibility index (Phi) is 4.12. The first-order valence-corrected chi connectivity index (χ1v) is 8.08. The van der Waals surface area contributed by atoms with Crippen LogP contribution in [0.3, 0.4) is 0 Å². The van der Waals surface area contributed by atoms with Gasteiger partial charge in [0.25, 0.3) is 5.91 Å². The van der Waals surface area contributed by atoms with Crippen LogP contribution in [-0.4, -0.2) is 16.9 Å². The minimum absolute atomic E-state index is 0.103. The summed E-state index contributed by atoms with van der Waals surface area (Å²) in [6.45, 7) is 2.28. The zero-order valence-electron chi connectivity index (χ0n) is 11.6. The molecule has 110 valence electrons. The summed E-state index contributed by atoms with van der Waals surface area (Å²) >= 11 is 7.49.